The molecule has 0 unspecified atom stereocenters. The molecule has 0 saturated heterocycles. The molecule has 1 aromatic heterocycles. The van der Waals surface area contributed by atoms with Crippen molar-refractivity contribution in [1.82, 2.24) is 21.3 Å². The van der Waals surface area contributed by atoms with E-state index in [-0.39, 0.29) is 5.11 Å². The fourth-order valence-electron chi connectivity index (χ4n) is 1.64. The number of hydrogen-bond acceptors (Lipinski definition) is 4. The van der Waals surface area contributed by atoms with Crippen molar-refractivity contribution >= 4 is 68.7 Å². The summed E-state index contributed by atoms with van der Waals surface area (Å²) in [6.07, 6.45) is 1.71. The Balaban J connectivity index is 1.77. The monoisotopic (exact) mass is 470 g/mol. The maximum atomic E-state index is 5.19. The van der Waals surface area contributed by atoms with Crippen molar-refractivity contribution in [3.63, 3.8) is 0 Å². The molecule has 0 aliphatic carbocycles. The highest BCUT2D eigenvalue weighted by atomic mass is 127. The van der Waals surface area contributed by atoms with Gasteiger partial charge in [0.05, 0.1) is 11.4 Å². The molecule has 0 bridgehead atoms. The minimum atomic E-state index is 0.289. The molecule has 1 aromatic carbocycles. The molecule has 0 radical (unpaired) electrons. The summed E-state index contributed by atoms with van der Waals surface area (Å²) in [5.41, 5.74) is 10.7. The van der Waals surface area contributed by atoms with Gasteiger partial charge in [-0.2, -0.15) is 5.10 Å². The number of anilines is 1. The average molecular weight is 470 g/mol. The molecule has 6 nitrogen and oxygen atoms in total. The van der Waals surface area contributed by atoms with Crippen LogP contribution in [0.2, 0.25) is 0 Å². The highest BCUT2D eigenvalue weighted by molar-refractivity contribution is 14.1. The van der Waals surface area contributed by atoms with Crippen LogP contribution in [0.15, 0.2) is 53.8 Å². The van der Waals surface area contributed by atoms with Crippen LogP contribution in [0.1, 0.15) is 12.6 Å². The summed E-state index contributed by atoms with van der Waals surface area (Å²) in [6, 6.07) is 13.5. The molecule has 0 saturated carbocycles. The number of nitrogens with zero attached hydrogens (tertiary/aromatic N) is 2. The Bertz CT molecular complexity index is 751. The minimum Gasteiger partial charge on any atom is -0.331 e. The van der Waals surface area contributed by atoms with Crippen LogP contribution in [0.5, 0.6) is 0 Å². The molecule has 2 aromatic rings. The molecule has 1 heterocycles. The summed E-state index contributed by atoms with van der Waals surface area (Å²) in [6.45, 7) is 1.84. The lowest BCUT2D eigenvalue weighted by atomic mass is 10.3. The first kappa shape index (κ1) is 18.5. The van der Waals surface area contributed by atoms with Gasteiger partial charge >= 0.3 is 0 Å². The van der Waals surface area contributed by atoms with Crippen molar-refractivity contribution in [3.8, 4) is 0 Å². The third-order valence-electron chi connectivity index (χ3n) is 2.73. The van der Waals surface area contributed by atoms with Gasteiger partial charge in [0.15, 0.2) is 5.11 Å². The van der Waals surface area contributed by atoms with Crippen LogP contribution in [-0.4, -0.2) is 20.9 Å². The second-order valence-electron chi connectivity index (χ2n) is 4.57. The highest BCUT2D eigenvalue weighted by Crippen LogP contribution is 2.11. The van der Waals surface area contributed by atoms with Crippen molar-refractivity contribution < 1.29 is 0 Å². The van der Waals surface area contributed by atoms with E-state index in [1.54, 1.807) is 6.20 Å². The molecule has 24 heavy (non-hydrogen) atoms. The Morgan fingerprint density at radius 3 is 2.58 bits per heavy atom. The molecular weight excluding hydrogens is 455 g/mol. The molecule has 0 aliphatic rings. The van der Waals surface area contributed by atoms with Crippen LogP contribution in [0.25, 0.3) is 0 Å². The predicted octanol–water partition coefficient (Wildman–Crippen LogP) is 2.78. The van der Waals surface area contributed by atoms with E-state index >= 15 is 0 Å². The number of benzene rings is 1. The van der Waals surface area contributed by atoms with Crippen LogP contribution in [-0.2, 0) is 0 Å². The van der Waals surface area contributed by atoms with Gasteiger partial charge in [-0.3, -0.25) is 21.3 Å². The highest BCUT2D eigenvalue weighted by Gasteiger charge is 2.00. The predicted molar refractivity (Wildman–Crippen MR) is 114 cm³/mol. The normalized spacial score (nSPS) is 10.7. The van der Waals surface area contributed by atoms with E-state index < -0.39 is 0 Å². The zero-order valence-electron chi connectivity index (χ0n) is 12.7. The summed E-state index contributed by atoms with van der Waals surface area (Å²) in [5.74, 6) is 0. The standard InChI is InChI=1S/C15H15IN6S2/c1-10(13-7-2-3-8-17-13)19-21-15(24)22-20-14(23)18-12-6-4-5-11(16)9-12/h2-9H,1H3,(H2,18,20,23)(H2,21,22,24)/b19-10+. The second-order valence-corrected chi connectivity index (χ2v) is 6.63. The van der Waals surface area contributed by atoms with Gasteiger partial charge in [0.1, 0.15) is 0 Å². The number of thiocarbonyl (C=S) groups is 2. The van der Waals surface area contributed by atoms with Gasteiger partial charge in [-0.15, -0.1) is 0 Å². The number of hydrogen-bond donors (Lipinski definition) is 4. The van der Waals surface area contributed by atoms with Crippen LogP contribution in [0.3, 0.4) is 0 Å². The number of pyridine rings is 1. The zero-order chi connectivity index (χ0) is 17.4. The van der Waals surface area contributed by atoms with Gasteiger partial charge in [-0.05, 0) is 84.3 Å². The van der Waals surface area contributed by atoms with E-state index in [0.717, 1.165) is 20.7 Å². The number of hydrazine groups is 1. The first-order chi connectivity index (χ1) is 11.5. The average Bonchev–Trinajstić information content (AvgIpc) is 2.58. The molecule has 9 heteroatoms. The number of nitrogens with one attached hydrogen (secondary N) is 4. The second kappa shape index (κ2) is 9.45. The van der Waals surface area contributed by atoms with Crippen LogP contribution in [0.4, 0.5) is 5.69 Å². The Hall–Kier alpha value is -1.85. The zero-order valence-corrected chi connectivity index (χ0v) is 16.5. The molecular formula is C15H15IN6S2. The molecule has 0 aliphatic heterocycles. The van der Waals surface area contributed by atoms with E-state index in [0.29, 0.717) is 5.11 Å². The van der Waals surface area contributed by atoms with Crippen LogP contribution >= 0.6 is 47.0 Å². The smallest absolute Gasteiger partial charge is 0.205 e. The number of aromatic nitrogens is 1. The summed E-state index contributed by atoms with van der Waals surface area (Å²) in [5, 5.41) is 7.90. The van der Waals surface area contributed by atoms with Crippen molar-refractivity contribution in [3.05, 3.63) is 57.9 Å². The fourth-order valence-corrected chi connectivity index (χ4v) is 2.45. The fraction of sp³-hybridized carbons (Fsp3) is 0.0667. The Labute approximate surface area is 164 Å². The van der Waals surface area contributed by atoms with Crippen molar-refractivity contribution in [2.75, 3.05) is 5.32 Å². The Kier molecular flexibility index (Phi) is 7.28. The summed E-state index contributed by atoms with van der Waals surface area (Å²) in [7, 11) is 0. The van der Waals surface area contributed by atoms with Crippen molar-refractivity contribution in [2.45, 2.75) is 6.92 Å². The molecule has 0 amide bonds. The Morgan fingerprint density at radius 2 is 1.88 bits per heavy atom. The molecule has 4 N–H and O–H groups in total. The van der Waals surface area contributed by atoms with Gasteiger partial charge in [0.25, 0.3) is 0 Å². The summed E-state index contributed by atoms with van der Waals surface area (Å²) in [4.78, 5) is 4.20. The van der Waals surface area contributed by atoms with E-state index in [1.807, 2.05) is 49.4 Å². The van der Waals surface area contributed by atoms with E-state index in [9.17, 15) is 0 Å². The Morgan fingerprint density at radius 1 is 1.08 bits per heavy atom. The van der Waals surface area contributed by atoms with Crippen LogP contribution in [0, 0.1) is 3.57 Å². The third-order valence-corrected chi connectivity index (χ3v) is 3.80. The first-order valence-electron chi connectivity index (χ1n) is 6.89. The first-order valence-corrected chi connectivity index (χ1v) is 8.78. The largest absolute Gasteiger partial charge is 0.331 e. The van der Waals surface area contributed by atoms with E-state index in [4.69, 9.17) is 24.4 Å². The molecule has 0 atom stereocenters. The molecule has 2 rings (SSSR count). The lowest BCUT2D eigenvalue weighted by molar-refractivity contribution is 0.834. The lowest BCUT2D eigenvalue weighted by Gasteiger charge is -2.13. The van der Waals surface area contributed by atoms with Gasteiger partial charge in [0, 0.05) is 15.5 Å². The maximum Gasteiger partial charge on any atom is 0.205 e. The summed E-state index contributed by atoms with van der Waals surface area (Å²) < 4.78 is 1.12. The molecule has 124 valence electrons. The van der Waals surface area contributed by atoms with Gasteiger partial charge < -0.3 is 5.32 Å². The SMILES string of the molecule is C/C(=N\NC(=S)NNC(=S)Nc1cccc(I)c1)c1ccccn1. The van der Waals surface area contributed by atoms with E-state index in [2.05, 4.69) is 54.3 Å². The number of rotatable bonds is 3. The van der Waals surface area contributed by atoms with Gasteiger partial charge in [-0.1, -0.05) is 12.1 Å². The summed E-state index contributed by atoms with van der Waals surface area (Å²) >= 11 is 12.6. The van der Waals surface area contributed by atoms with Crippen molar-refractivity contribution in [2.24, 2.45) is 5.10 Å². The van der Waals surface area contributed by atoms with E-state index in [1.165, 1.54) is 0 Å². The van der Waals surface area contributed by atoms with Gasteiger partial charge in [-0.25, -0.2) is 0 Å². The number of hydrazone groups is 1. The minimum absolute atomic E-state index is 0.289. The maximum absolute atomic E-state index is 5.19. The molecule has 0 fully saturated rings. The third kappa shape index (κ3) is 6.34. The topological polar surface area (TPSA) is 73.4 Å². The lowest BCUT2D eigenvalue weighted by Crippen LogP contribution is -2.47. The van der Waals surface area contributed by atoms with Gasteiger partial charge in [0.2, 0.25) is 5.11 Å². The van der Waals surface area contributed by atoms with Crippen LogP contribution < -0.4 is 21.6 Å². The number of halogens is 1. The quantitative estimate of drug-likeness (QED) is 0.238. The molecule has 0 spiro atoms. The van der Waals surface area contributed by atoms with Crippen molar-refractivity contribution in [1.29, 1.82) is 0 Å².